The summed E-state index contributed by atoms with van der Waals surface area (Å²) < 4.78 is 0. The summed E-state index contributed by atoms with van der Waals surface area (Å²) in [5.74, 6) is -1.26. The molecule has 0 aliphatic heterocycles. The zero-order valence-corrected chi connectivity index (χ0v) is 9.54. The highest BCUT2D eigenvalue weighted by molar-refractivity contribution is 5.84. The van der Waals surface area contributed by atoms with Crippen LogP contribution in [0.3, 0.4) is 0 Å². The zero-order valence-electron chi connectivity index (χ0n) is 9.54. The van der Waals surface area contributed by atoms with Crippen LogP contribution in [-0.2, 0) is 9.59 Å². The molecule has 0 radical (unpaired) electrons. The Hall–Kier alpha value is -1.10. The third-order valence-corrected chi connectivity index (χ3v) is 2.27. The maximum atomic E-state index is 11.3. The van der Waals surface area contributed by atoms with Crippen molar-refractivity contribution in [3.05, 3.63) is 0 Å². The van der Waals surface area contributed by atoms with Crippen LogP contribution in [0, 0.1) is 0 Å². The van der Waals surface area contributed by atoms with Gasteiger partial charge in [0.2, 0.25) is 5.91 Å². The first-order valence-electron chi connectivity index (χ1n) is 5.26. The lowest BCUT2D eigenvalue weighted by molar-refractivity contribution is -0.141. The molecule has 5 heteroatoms. The SMILES string of the molecule is CCC(C)NCC(=O)NC(CC)C(=O)O. The van der Waals surface area contributed by atoms with E-state index in [-0.39, 0.29) is 18.5 Å². The quantitative estimate of drug-likeness (QED) is 0.574. The molecule has 0 spiro atoms. The van der Waals surface area contributed by atoms with E-state index in [0.29, 0.717) is 6.42 Å². The molecule has 0 heterocycles. The van der Waals surface area contributed by atoms with Crippen LogP contribution in [-0.4, -0.2) is 35.6 Å². The standard InChI is InChI=1S/C10H20N2O3/c1-4-7(3)11-6-9(13)12-8(5-2)10(14)15/h7-8,11H,4-6H2,1-3H3,(H,12,13)(H,14,15). The summed E-state index contributed by atoms with van der Waals surface area (Å²) in [5, 5.41) is 14.2. The molecule has 3 N–H and O–H groups in total. The van der Waals surface area contributed by atoms with Gasteiger partial charge in [-0.15, -0.1) is 0 Å². The van der Waals surface area contributed by atoms with Crippen molar-refractivity contribution < 1.29 is 14.7 Å². The maximum Gasteiger partial charge on any atom is 0.326 e. The number of carboxylic acid groups (broad SMARTS) is 1. The summed E-state index contributed by atoms with van der Waals surface area (Å²) in [6.45, 7) is 5.88. The number of carbonyl (C=O) groups excluding carboxylic acids is 1. The van der Waals surface area contributed by atoms with E-state index in [1.54, 1.807) is 6.92 Å². The normalized spacial score (nSPS) is 14.3. The number of amides is 1. The van der Waals surface area contributed by atoms with Gasteiger partial charge in [-0.3, -0.25) is 4.79 Å². The van der Waals surface area contributed by atoms with Crippen molar-refractivity contribution in [1.82, 2.24) is 10.6 Å². The molecular weight excluding hydrogens is 196 g/mol. The number of hydrogen-bond donors (Lipinski definition) is 3. The molecule has 5 nitrogen and oxygen atoms in total. The number of rotatable bonds is 7. The topological polar surface area (TPSA) is 78.4 Å². The molecule has 0 aromatic rings. The summed E-state index contributed by atoms with van der Waals surface area (Å²) in [6.07, 6.45) is 1.33. The van der Waals surface area contributed by atoms with Gasteiger partial charge >= 0.3 is 5.97 Å². The average molecular weight is 216 g/mol. The minimum absolute atomic E-state index is 0.165. The summed E-state index contributed by atoms with van der Waals surface area (Å²) in [7, 11) is 0. The van der Waals surface area contributed by atoms with Gasteiger partial charge in [0.15, 0.2) is 0 Å². The lowest BCUT2D eigenvalue weighted by atomic mass is 10.2. The van der Waals surface area contributed by atoms with Crippen molar-refractivity contribution in [1.29, 1.82) is 0 Å². The van der Waals surface area contributed by atoms with E-state index in [2.05, 4.69) is 10.6 Å². The summed E-state index contributed by atoms with van der Waals surface area (Å²) in [5.41, 5.74) is 0. The Bertz CT molecular complexity index is 219. The first-order chi connectivity index (χ1) is 7.01. The first-order valence-corrected chi connectivity index (χ1v) is 5.26. The Balaban J connectivity index is 3.86. The fourth-order valence-electron chi connectivity index (χ4n) is 0.995. The highest BCUT2D eigenvalue weighted by Gasteiger charge is 2.17. The molecule has 0 saturated carbocycles. The van der Waals surface area contributed by atoms with E-state index in [1.165, 1.54) is 0 Å². The number of nitrogens with one attached hydrogen (secondary N) is 2. The number of hydrogen-bond acceptors (Lipinski definition) is 3. The van der Waals surface area contributed by atoms with Gasteiger partial charge in [0.05, 0.1) is 6.54 Å². The minimum atomic E-state index is -0.991. The Morgan fingerprint density at radius 1 is 1.27 bits per heavy atom. The second-order valence-corrected chi connectivity index (χ2v) is 3.56. The van der Waals surface area contributed by atoms with Crippen LogP contribution in [0.5, 0.6) is 0 Å². The van der Waals surface area contributed by atoms with Crippen molar-refractivity contribution in [2.24, 2.45) is 0 Å². The van der Waals surface area contributed by atoms with Gasteiger partial charge in [-0.2, -0.15) is 0 Å². The van der Waals surface area contributed by atoms with Crippen LogP contribution >= 0.6 is 0 Å². The highest BCUT2D eigenvalue weighted by Crippen LogP contribution is 1.91. The van der Waals surface area contributed by atoms with Gasteiger partial charge in [-0.1, -0.05) is 13.8 Å². The van der Waals surface area contributed by atoms with Crippen LogP contribution < -0.4 is 10.6 Å². The molecular formula is C10H20N2O3. The van der Waals surface area contributed by atoms with Crippen LogP contribution in [0.2, 0.25) is 0 Å². The van der Waals surface area contributed by atoms with Gasteiger partial charge in [0, 0.05) is 6.04 Å². The van der Waals surface area contributed by atoms with E-state index >= 15 is 0 Å². The van der Waals surface area contributed by atoms with Crippen LogP contribution in [0.25, 0.3) is 0 Å². The Kier molecular flexibility index (Phi) is 6.70. The third-order valence-electron chi connectivity index (χ3n) is 2.27. The van der Waals surface area contributed by atoms with E-state index in [4.69, 9.17) is 5.11 Å². The molecule has 2 atom stereocenters. The van der Waals surface area contributed by atoms with Crippen LogP contribution in [0.1, 0.15) is 33.6 Å². The first kappa shape index (κ1) is 13.9. The second-order valence-electron chi connectivity index (χ2n) is 3.56. The predicted octanol–water partition coefficient (Wildman–Crippen LogP) is 0.354. The summed E-state index contributed by atoms with van der Waals surface area (Å²) in [4.78, 5) is 21.9. The molecule has 0 bridgehead atoms. The number of carboxylic acids is 1. The molecule has 0 saturated heterocycles. The Morgan fingerprint density at radius 2 is 1.87 bits per heavy atom. The van der Waals surface area contributed by atoms with Crippen molar-refractivity contribution in [3.63, 3.8) is 0 Å². The Labute approximate surface area is 90.2 Å². The molecule has 88 valence electrons. The molecule has 0 aliphatic carbocycles. The van der Waals surface area contributed by atoms with Crippen LogP contribution in [0.4, 0.5) is 0 Å². The minimum Gasteiger partial charge on any atom is -0.480 e. The van der Waals surface area contributed by atoms with Gasteiger partial charge in [0.25, 0.3) is 0 Å². The van der Waals surface area contributed by atoms with Gasteiger partial charge < -0.3 is 15.7 Å². The largest absolute Gasteiger partial charge is 0.480 e. The molecule has 15 heavy (non-hydrogen) atoms. The zero-order chi connectivity index (χ0) is 11.8. The van der Waals surface area contributed by atoms with E-state index < -0.39 is 12.0 Å². The van der Waals surface area contributed by atoms with Crippen molar-refractivity contribution in [3.8, 4) is 0 Å². The molecule has 2 unspecified atom stereocenters. The number of aliphatic carboxylic acids is 1. The molecule has 0 aromatic heterocycles. The van der Waals surface area contributed by atoms with E-state index in [0.717, 1.165) is 6.42 Å². The summed E-state index contributed by atoms with van der Waals surface area (Å²) in [6, 6.07) is -0.517. The molecule has 1 amide bonds. The van der Waals surface area contributed by atoms with Gasteiger partial charge in [-0.05, 0) is 19.8 Å². The van der Waals surface area contributed by atoms with Crippen molar-refractivity contribution in [2.75, 3.05) is 6.54 Å². The molecule has 0 rings (SSSR count). The lowest BCUT2D eigenvalue weighted by Gasteiger charge is -2.14. The van der Waals surface area contributed by atoms with Gasteiger partial charge in [-0.25, -0.2) is 4.79 Å². The second kappa shape index (κ2) is 7.23. The lowest BCUT2D eigenvalue weighted by Crippen LogP contribution is -2.45. The van der Waals surface area contributed by atoms with Crippen LogP contribution in [0.15, 0.2) is 0 Å². The molecule has 0 aliphatic rings. The van der Waals surface area contributed by atoms with E-state index in [9.17, 15) is 9.59 Å². The van der Waals surface area contributed by atoms with Crippen molar-refractivity contribution >= 4 is 11.9 Å². The number of carbonyl (C=O) groups is 2. The fraction of sp³-hybridized carbons (Fsp3) is 0.800. The molecule has 0 fully saturated rings. The van der Waals surface area contributed by atoms with E-state index in [1.807, 2.05) is 13.8 Å². The maximum absolute atomic E-state index is 11.3. The highest BCUT2D eigenvalue weighted by atomic mass is 16.4. The third kappa shape index (κ3) is 6.06. The summed E-state index contributed by atoms with van der Waals surface area (Å²) >= 11 is 0. The van der Waals surface area contributed by atoms with Crippen molar-refractivity contribution in [2.45, 2.75) is 45.7 Å². The van der Waals surface area contributed by atoms with Gasteiger partial charge in [0.1, 0.15) is 6.04 Å². The fourth-order valence-corrected chi connectivity index (χ4v) is 0.995. The smallest absolute Gasteiger partial charge is 0.326 e. The molecule has 0 aromatic carbocycles. The Morgan fingerprint density at radius 3 is 2.27 bits per heavy atom. The average Bonchev–Trinajstić information content (AvgIpc) is 2.21. The predicted molar refractivity (Wildman–Crippen MR) is 57.6 cm³/mol. The monoisotopic (exact) mass is 216 g/mol.